The molecule has 104 valence electrons. The Morgan fingerprint density at radius 3 is 2.39 bits per heavy atom. The van der Waals surface area contributed by atoms with E-state index in [1.54, 1.807) is 0 Å². The van der Waals surface area contributed by atoms with Crippen molar-refractivity contribution in [3.05, 3.63) is 0 Å². The van der Waals surface area contributed by atoms with Crippen LogP contribution in [-0.4, -0.2) is 60.3 Å². The lowest BCUT2D eigenvalue weighted by molar-refractivity contribution is 0.0196. The largest absolute Gasteiger partial charge is 0.379 e. The van der Waals surface area contributed by atoms with Gasteiger partial charge in [-0.3, -0.25) is 9.80 Å². The van der Waals surface area contributed by atoms with E-state index in [0.29, 0.717) is 5.54 Å². The zero-order chi connectivity index (χ0) is 12.9. The molecule has 3 aliphatic rings. The van der Waals surface area contributed by atoms with Gasteiger partial charge in [0.25, 0.3) is 0 Å². The first-order valence-corrected chi connectivity index (χ1v) is 7.57. The molecule has 2 aliphatic heterocycles. The fourth-order valence-electron chi connectivity index (χ4n) is 4.32. The molecule has 0 radical (unpaired) electrons. The predicted molar refractivity (Wildman–Crippen MR) is 73.7 cm³/mol. The van der Waals surface area contributed by atoms with Gasteiger partial charge < -0.3 is 4.74 Å². The molecule has 3 nitrogen and oxygen atoms in total. The molecule has 2 heterocycles. The zero-order valence-corrected chi connectivity index (χ0v) is 12.4. The topological polar surface area (TPSA) is 15.7 Å². The molecule has 0 aromatic rings. The molecule has 0 aromatic heterocycles. The van der Waals surface area contributed by atoms with Crippen LogP contribution in [0.3, 0.4) is 0 Å². The van der Waals surface area contributed by atoms with E-state index >= 15 is 0 Å². The van der Waals surface area contributed by atoms with Crippen molar-refractivity contribution < 1.29 is 4.74 Å². The fraction of sp³-hybridized carbons (Fsp3) is 1.00. The van der Waals surface area contributed by atoms with Gasteiger partial charge in [0.2, 0.25) is 0 Å². The van der Waals surface area contributed by atoms with Crippen molar-refractivity contribution >= 4 is 0 Å². The molecular formula is C15H28N2O. The van der Waals surface area contributed by atoms with Gasteiger partial charge >= 0.3 is 0 Å². The van der Waals surface area contributed by atoms with Crippen molar-refractivity contribution in [1.82, 2.24) is 9.80 Å². The smallest absolute Gasteiger partial charge is 0.0594 e. The number of likely N-dealkylation sites (tertiary alicyclic amines) is 1. The Balaban J connectivity index is 1.64. The Kier molecular flexibility index (Phi) is 3.20. The minimum Gasteiger partial charge on any atom is -0.379 e. The van der Waals surface area contributed by atoms with Crippen LogP contribution in [0.1, 0.15) is 34.1 Å². The number of fused-ring (bicyclic) bond motifs is 1. The van der Waals surface area contributed by atoms with Gasteiger partial charge in [0.15, 0.2) is 0 Å². The highest BCUT2D eigenvalue weighted by molar-refractivity contribution is 5.12. The molecule has 3 fully saturated rings. The molecule has 0 N–H and O–H groups in total. The average molecular weight is 252 g/mol. The quantitative estimate of drug-likeness (QED) is 0.745. The average Bonchev–Trinajstić information content (AvgIpc) is 3.00. The van der Waals surface area contributed by atoms with Gasteiger partial charge in [-0.2, -0.15) is 0 Å². The van der Waals surface area contributed by atoms with E-state index < -0.39 is 0 Å². The summed E-state index contributed by atoms with van der Waals surface area (Å²) in [6.07, 6.45) is 1.44. The Morgan fingerprint density at radius 1 is 1.17 bits per heavy atom. The van der Waals surface area contributed by atoms with E-state index in [9.17, 15) is 0 Å². The minimum atomic E-state index is 0.332. The van der Waals surface area contributed by atoms with Crippen LogP contribution in [0.25, 0.3) is 0 Å². The lowest BCUT2D eigenvalue weighted by atomic mass is 9.94. The van der Waals surface area contributed by atoms with Gasteiger partial charge in [-0.25, -0.2) is 0 Å². The van der Waals surface area contributed by atoms with Crippen LogP contribution in [0.2, 0.25) is 0 Å². The molecule has 0 aromatic carbocycles. The number of hydrogen-bond acceptors (Lipinski definition) is 3. The molecular weight excluding hydrogens is 224 g/mol. The van der Waals surface area contributed by atoms with Crippen LogP contribution in [0.5, 0.6) is 0 Å². The summed E-state index contributed by atoms with van der Waals surface area (Å²) in [6, 6.07) is 1.63. The summed E-state index contributed by atoms with van der Waals surface area (Å²) in [4.78, 5) is 5.40. The first-order valence-electron chi connectivity index (χ1n) is 7.57. The van der Waals surface area contributed by atoms with Crippen LogP contribution < -0.4 is 0 Å². The number of morpholine rings is 1. The van der Waals surface area contributed by atoms with E-state index in [0.717, 1.165) is 50.2 Å². The standard InChI is InChI=1S/C15H28N2O/c1-11-13(10-16-5-7-18-8-6-16)12-9-14(12)17(11)15(2,3)4/h11-14H,5-10H2,1-4H3/t11-,12?,13?,14?/m1/s1. The zero-order valence-electron chi connectivity index (χ0n) is 12.4. The van der Waals surface area contributed by atoms with Crippen molar-refractivity contribution in [3.8, 4) is 0 Å². The van der Waals surface area contributed by atoms with Crippen molar-refractivity contribution in [2.75, 3.05) is 32.8 Å². The van der Waals surface area contributed by atoms with E-state index in [-0.39, 0.29) is 0 Å². The second-order valence-corrected chi connectivity index (χ2v) is 7.36. The lowest BCUT2D eigenvalue weighted by Crippen LogP contribution is -2.49. The Hall–Kier alpha value is -0.120. The Bertz CT molecular complexity index is 306. The van der Waals surface area contributed by atoms with Gasteiger partial charge in [0, 0.05) is 37.3 Å². The van der Waals surface area contributed by atoms with Crippen molar-refractivity contribution in [1.29, 1.82) is 0 Å². The maximum Gasteiger partial charge on any atom is 0.0594 e. The number of ether oxygens (including phenoxy) is 1. The highest BCUT2D eigenvalue weighted by Gasteiger charge is 2.59. The third-order valence-electron chi connectivity index (χ3n) is 5.12. The van der Waals surface area contributed by atoms with Crippen LogP contribution in [0.15, 0.2) is 0 Å². The van der Waals surface area contributed by atoms with Crippen LogP contribution >= 0.6 is 0 Å². The molecule has 3 rings (SSSR count). The third kappa shape index (κ3) is 2.21. The first kappa shape index (κ1) is 12.9. The molecule has 0 bridgehead atoms. The fourth-order valence-corrected chi connectivity index (χ4v) is 4.32. The summed E-state index contributed by atoms with van der Waals surface area (Å²) in [6.45, 7) is 15.0. The van der Waals surface area contributed by atoms with Crippen molar-refractivity contribution in [2.45, 2.75) is 51.7 Å². The van der Waals surface area contributed by atoms with E-state index in [2.05, 4.69) is 37.5 Å². The number of nitrogens with zero attached hydrogens (tertiary/aromatic N) is 2. The summed E-state index contributed by atoms with van der Waals surface area (Å²) in [5, 5.41) is 0. The highest BCUT2D eigenvalue weighted by atomic mass is 16.5. The second kappa shape index (κ2) is 4.46. The summed E-state index contributed by atoms with van der Waals surface area (Å²) in [5.74, 6) is 1.86. The molecule has 3 unspecified atom stereocenters. The molecule has 18 heavy (non-hydrogen) atoms. The normalized spacial score (nSPS) is 42.0. The number of hydrogen-bond donors (Lipinski definition) is 0. The molecule has 4 atom stereocenters. The monoisotopic (exact) mass is 252 g/mol. The lowest BCUT2D eigenvalue weighted by Gasteiger charge is -2.40. The summed E-state index contributed by atoms with van der Waals surface area (Å²) >= 11 is 0. The van der Waals surface area contributed by atoms with E-state index in [4.69, 9.17) is 4.74 Å². The Labute approximate surface area is 111 Å². The second-order valence-electron chi connectivity index (χ2n) is 7.36. The van der Waals surface area contributed by atoms with Gasteiger partial charge in [-0.05, 0) is 46.0 Å². The molecule has 0 amide bonds. The van der Waals surface area contributed by atoms with Crippen molar-refractivity contribution in [3.63, 3.8) is 0 Å². The van der Waals surface area contributed by atoms with Crippen LogP contribution in [0, 0.1) is 11.8 Å². The summed E-state index contributed by atoms with van der Waals surface area (Å²) < 4.78 is 5.45. The highest BCUT2D eigenvalue weighted by Crippen LogP contribution is 2.54. The van der Waals surface area contributed by atoms with E-state index in [1.807, 2.05) is 0 Å². The number of rotatable bonds is 2. The molecule has 0 spiro atoms. The molecule has 3 heteroatoms. The summed E-state index contributed by atoms with van der Waals surface area (Å²) in [5.41, 5.74) is 0.332. The molecule has 2 saturated heterocycles. The summed E-state index contributed by atoms with van der Waals surface area (Å²) in [7, 11) is 0. The van der Waals surface area contributed by atoms with Gasteiger partial charge in [-0.15, -0.1) is 0 Å². The molecule has 1 saturated carbocycles. The molecule has 1 aliphatic carbocycles. The number of piperidine rings is 1. The van der Waals surface area contributed by atoms with Crippen LogP contribution in [0.4, 0.5) is 0 Å². The van der Waals surface area contributed by atoms with E-state index in [1.165, 1.54) is 13.0 Å². The van der Waals surface area contributed by atoms with Gasteiger partial charge in [0.05, 0.1) is 13.2 Å². The Morgan fingerprint density at radius 2 is 1.83 bits per heavy atom. The maximum atomic E-state index is 5.45. The van der Waals surface area contributed by atoms with Crippen molar-refractivity contribution in [2.24, 2.45) is 11.8 Å². The van der Waals surface area contributed by atoms with Gasteiger partial charge in [-0.1, -0.05) is 0 Å². The predicted octanol–water partition coefficient (Wildman–Crippen LogP) is 1.83. The van der Waals surface area contributed by atoms with Gasteiger partial charge in [0.1, 0.15) is 0 Å². The van der Waals surface area contributed by atoms with Crippen LogP contribution in [-0.2, 0) is 4.74 Å². The third-order valence-corrected chi connectivity index (χ3v) is 5.12. The minimum absolute atomic E-state index is 0.332. The first-order chi connectivity index (χ1) is 8.48. The SMILES string of the molecule is C[C@@H]1C(CN2CCOCC2)C2CC2N1C(C)(C)C. The maximum absolute atomic E-state index is 5.45.